The number of hydrogen-bond acceptors (Lipinski definition) is 4. The highest BCUT2D eigenvalue weighted by atomic mass is 79.9. The first-order valence-electron chi connectivity index (χ1n) is 7.30. The number of hydrogen-bond donors (Lipinski definition) is 1. The predicted molar refractivity (Wildman–Crippen MR) is 91.5 cm³/mol. The second-order valence-corrected chi connectivity index (χ2v) is 6.69. The zero-order valence-electron chi connectivity index (χ0n) is 12.0. The number of rotatable bonds is 7. The number of halogens is 2. The van der Waals surface area contributed by atoms with Gasteiger partial charge in [0.05, 0.1) is 23.7 Å². The molecule has 1 fully saturated rings. The van der Waals surface area contributed by atoms with Gasteiger partial charge in [-0.25, -0.2) is 9.97 Å². The van der Waals surface area contributed by atoms with Gasteiger partial charge in [0.1, 0.15) is 5.82 Å². The molecular weight excluding hydrogens is 398 g/mol. The van der Waals surface area contributed by atoms with Crippen LogP contribution in [0.2, 0.25) is 0 Å². The average molecular weight is 419 g/mol. The van der Waals surface area contributed by atoms with Crippen LogP contribution in [0.15, 0.2) is 29.0 Å². The standard InChI is InChI=1S/C15H21Br2N3O/c16-7-1-2-8-21-14-5-3-13(4-6-14)18-11-15-19-9-12(17)10-20-15/h1-2,9-10,13-14,18H,3-8,11H2/b2-1+. The second-order valence-electron chi connectivity index (χ2n) is 5.13. The Labute approximate surface area is 143 Å². The van der Waals surface area contributed by atoms with Gasteiger partial charge < -0.3 is 10.1 Å². The molecule has 1 heterocycles. The molecule has 0 unspecified atom stereocenters. The van der Waals surface area contributed by atoms with Gasteiger partial charge in [0, 0.05) is 23.8 Å². The van der Waals surface area contributed by atoms with Crippen molar-refractivity contribution in [3.63, 3.8) is 0 Å². The van der Waals surface area contributed by atoms with Crippen molar-refractivity contribution >= 4 is 31.9 Å². The lowest BCUT2D eigenvalue weighted by atomic mass is 9.93. The Bertz CT molecular complexity index is 431. The van der Waals surface area contributed by atoms with E-state index in [1.165, 1.54) is 0 Å². The summed E-state index contributed by atoms with van der Waals surface area (Å²) in [6.45, 7) is 1.46. The minimum atomic E-state index is 0.409. The fourth-order valence-corrected chi connectivity index (χ4v) is 2.89. The molecule has 1 aromatic heterocycles. The molecule has 0 atom stereocenters. The summed E-state index contributed by atoms with van der Waals surface area (Å²) in [5.74, 6) is 0.844. The molecule has 1 aliphatic rings. The summed E-state index contributed by atoms with van der Waals surface area (Å²) in [6, 6.07) is 0.551. The van der Waals surface area contributed by atoms with Crippen LogP contribution in [-0.2, 0) is 11.3 Å². The van der Waals surface area contributed by atoms with Crippen LogP contribution in [0.3, 0.4) is 0 Å². The molecule has 0 bridgehead atoms. The zero-order chi connectivity index (χ0) is 14.9. The van der Waals surface area contributed by atoms with Gasteiger partial charge in [0.25, 0.3) is 0 Å². The molecule has 1 aliphatic carbocycles. The third kappa shape index (κ3) is 6.55. The van der Waals surface area contributed by atoms with E-state index in [9.17, 15) is 0 Å². The molecule has 1 N–H and O–H groups in total. The summed E-state index contributed by atoms with van der Waals surface area (Å²) in [4.78, 5) is 8.56. The van der Waals surface area contributed by atoms with E-state index >= 15 is 0 Å². The summed E-state index contributed by atoms with van der Waals surface area (Å²) in [6.07, 6.45) is 12.7. The third-order valence-electron chi connectivity index (χ3n) is 3.58. The van der Waals surface area contributed by atoms with Crippen LogP contribution in [0.1, 0.15) is 31.5 Å². The summed E-state index contributed by atoms with van der Waals surface area (Å²) < 4.78 is 6.76. The highest BCUT2D eigenvalue weighted by Crippen LogP contribution is 2.21. The highest BCUT2D eigenvalue weighted by Gasteiger charge is 2.21. The van der Waals surface area contributed by atoms with E-state index in [2.05, 4.69) is 59.3 Å². The SMILES string of the molecule is BrC/C=C/COC1CCC(NCc2ncc(Br)cn2)CC1. The van der Waals surface area contributed by atoms with Crippen LogP contribution < -0.4 is 5.32 Å². The number of allylic oxidation sites excluding steroid dienone is 1. The van der Waals surface area contributed by atoms with E-state index < -0.39 is 0 Å². The zero-order valence-corrected chi connectivity index (χ0v) is 15.1. The second kappa shape index (κ2) is 9.66. The van der Waals surface area contributed by atoms with Crippen molar-refractivity contribution < 1.29 is 4.74 Å². The molecule has 21 heavy (non-hydrogen) atoms. The molecule has 1 aromatic rings. The van der Waals surface area contributed by atoms with Crippen molar-refractivity contribution in [1.29, 1.82) is 0 Å². The van der Waals surface area contributed by atoms with Gasteiger partial charge in [-0.3, -0.25) is 0 Å². The number of alkyl halides is 1. The Morgan fingerprint density at radius 1 is 1.19 bits per heavy atom. The van der Waals surface area contributed by atoms with Gasteiger partial charge in [0.2, 0.25) is 0 Å². The first-order valence-corrected chi connectivity index (χ1v) is 9.21. The fourth-order valence-electron chi connectivity index (χ4n) is 2.42. The monoisotopic (exact) mass is 417 g/mol. The van der Waals surface area contributed by atoms with E-state index in [1.807, 2.05) is 0 Å². The average Bonchev–Trinajstić information content (AvgIpc) is 2.52. The van der Waals surface area contributed by atoms with Crippen molar-refractivity contribution in [2.45, 2.75) is 44.4 Å². The van der Waals surface area contributed by atoms with Crippen LogP contribution in [0, 0.1) is 0 Å². The minimum Gasteiger partial charge on any atom is -0.374 e. The summed E-state index contributed by atoms with van der Waals surface area (Å²) in [5.41, 5.74) is 0. The van der Waals surface area contributed by atoms with Gasteiger partial charge in [-0.1, -0.05) is 28.1 Å². The van der Waals surface area contributed by atoms with Crippen molar-refractivity contribution in [2.24, 2.45) is 0 Å². The maximum absolute atomic E-state index is 5.84. The van der Waals surface area contributed by atoms with E-state index in [-0.39, 0.29) is 0 Å². The lowest BCUT2D eigenvalue weighted by Crippen LogP contribution is -2.35. The largest absolute Gasteiger partial charge is 0.374 e. The Morgan fingerprint density at radius 3 is 2.57 bits per heavy atom. The third-order valence-corrected chi connectivity index (χ3v) is 4.36. The quantitative estimate of drug-likeness (QED) is 0.542. The topological polar surface area (TPSA) is 47.0 Å². The molecule has 0 spiro atoms. The molecule has 1 saturated carbocycles. The lowest BCUT2D eigenvalue weighted by Gasteiger charge is -2.28. The Balaban J connectivity index is 1.62. The van der Waals surface area contributed by atoms with E-state index in [1.54, 1.807) is 12.4 Å². The molecule has 4 nitrogen and oxygen atoms in total. The predicted octanol–water partition coefficient (Wildman–Crippen LogP) is 3.61. The maximum Gasteiger partial charge on any atom is 0.142 e. The number of aromatic nitrogens is 2. The molecular formula is C15H21Br2N3O. The van der Waals surface area contributed by atoms with Crippen molar-refractivity contribution in [3.05, 3.63) is 34.8 Å². The van der Waals surface area contributed by atoms with Crippen LogP contribution in [0.5, 0.6) is 0 Å². The van der Waals surface area contributed by atoms with E-state index in [0.29, 0.717) is 12.1 Å². The van der Waals surface area contributed by atoms with E-state index in [4.69, 9.17) is 4.74 Å². The van der Waals surface area contributed by atoms with Gasteiger partial charge in [0.15, 0.2) is 0 Å². The molecule has 116 valence electrons. The van der Waals surface area contributed by atoms with E-state index in [0.717, 1.165) is 54.5 Å². The van der Waals surface area contributed by atoms with Crippen molar-refractivity contribution in [3.8, 4) is 0 Å². The first-order chi connectivity index (χ1) is 10.3. The maximum atomic E-state index is 5.84. The van der Waals surface area contributed by atoms with Gasteiger partial charge in [-0.15, -0.1) is 0 Å². The van der Waals surface area contributed by atoms with Crippen LogP contribution in [0.4, 0.5) is 0 Å². The summed E-state index contributed by atoms with van der Waals surface area (Å²) in [5, 5.41) is 4.43. The molecule has 0 radical (unpaired) electrons. The van der Waals surface area contributed by atoms with Gasteiger partial charge >= 0.3 is 0 Å². The lowest BCUT2D eigenvalue weighted by molar-refractivity contribution is 0.0394. The Morgan fingerprint density at radius 2 is 1.90 bits per heavy atom. The summed E-state index contributed by atoms with van der Waals surface area (Å²) >= 11 is 6.70. The molecule has 0 amide bonds. The van der Waals surface area contributed by atoms with Crippen LogP contribution in [-0.4, -0.2) is 34.1 Å². The molecule has 0 saturated heterocycles. The normalized spacial score (nSPS) is 22.8. The molecule has 6 heteroatoms. The Kier molecular flexibility index (Phi) is 7.85. The van der Waals surface area contributed by atoms with Crippen molar-refractivity contribution in [2.75, 3.05) is 11.9 Å². The van der Waals surface area contributed by atoms with Gasteiger partial charge in [-0.2, -0.15) is 0 Å². The van der Waals surface area contributed by atoms with Crippen LogP contribution in [0.25, 0.3) is 0 Å². The molecule has 0 aliphatic heterocycles. The van der Waals surface area contributed by atoms with Crippen LogP contribution >= 0.6 is 31.9 Å². The smallest absolute Gasteiger partial charge is 0.142 e. The Hall–Kier alpha value is -0.300. The fraction of sp³-hybridized carbons (Fsp3) is 0.600. The number of ether oxygens (including phenoxy) is 1. The van der Waals surface area contributed by atoms with Gasteiger partial charge in [-0.05, 0) is 41.6 Å². The molecule has 0 aromatic carbocycles. The summed E-state index contributed by atoms with van der Waals surface area (Å²) in [7, 11) is 0. The number of nitrogens with one attached hydrogen (secondary N) is 1. The minimum absolute atomic E-state index is 0.409. The highest BCUT2D eigenvalue weighted by molar-refractivity contribution is 9.10. The van der Waals surface area contributed by atoms with Crippen molar-refractivity contribution in [1.82, 2.24) is 15.3 Å². The molecule has 2 rings (SSSR count). The first kappa shape index (κ1) is 17.1. The number of nitrogens with zero attached hydrogens (tertiary/aromatic N) is 2.